The third kappa shape index (κ3) is 7.58. The van der Waals surface area contributed by atoms with Crippen LogP contribution in [-0.4, -0.2) is 60.6 Å². The second-order valence-corrected chi connectivity index (χ2v) is 12.3. The van der Waals surface area contributed by atoms with Gasteiger partial charge in [-0.25, -0.2) is 9.36 Å². The van der Waals surface area contributed by atoms with Gasteiger partial charge in [0.2, 0.25) is 0 Å². The molecule has 4 N–H and O–H groups in total. The van der Waals surface area contributed by atoms with Crippen LogP contribution in [-0.2, 0) is 28.7 Å². The SMILES string of the molecule is COc1ccc(C(OC[C@H]2O[C@@H](n3cc(C)c(=O)[nH]c3=O)C[C@@H]2OP(=O)(O)OCCN)(c2ccccc2)c2ccc(OC)cc2)cc1. The highest BCUT2D eigenvalue weighted by Crippen LogP contribution is 2.49. The van der Waals surface area contributed by atoms with Gasteiger partial charge in [0, 0.05) is 24.7 Å². The minimum Gasteiger partial charge on any atom is -0.497 e. The Balaban J connectivity index is 1.58. The number of benzene rings is 3. The predicted molar refractivity (Wildman–Crippen MR) is 173 cm³/mol. The van der Waals surface area contributed by atoms with E-state index in [2.05, 4.69) is 4.98 Å². The number of aromatic nitrogens is 2. The molecule has 1 saturated heterocycles. The molecule has 14 heteroatoms. The highest BCUT2D eigenvalue weighted by Gasteiger charge is 2.45. The Morgan fingerprint density at radius 1 is 0.957 bits per heavy atom. The Morgan fingerprint density at radius 2 is 1.53 bits per heavy atom. The van der Waals surface area contributed by atoms with Gasteiger partial charge in [-0.3, -0.25) is 23.4 Å². The molecule has 1 fully saturated rings. The first-order chi connectivity index (χ1) is 22.6. The first-order valence-corrected chi connectivity index (χ1v) is 16.4. The number of aromatic amines is 1. The van der Waals surface area contributed by atoms with E-state index >= 15 is 0 Å². The summed E-state index contributed by atoms with van der Waals surface area (Å²) in [5, 5.41) is 0. The van der Waals surface area contributed by atoms with Crippen molar-refractivity contribution < 1.29 is 37.5 Å². The second kappa shape index (κ2) is 14.8. The molecule has 13 nitrogen and oxygen atoms in total. The van der Waals surface area contributed by atoms with Crippen molar-refractivity contribution in [3.05, 3.63) is 128 Å². The molecule has 250 valence electrons. The summed E-state index contributed by atoms with van der Waals surface area (Å²) in [4.78, 5) is 37.6. The van der Waals surface area contributed by atoms with Gasteiger partial charge in [-0.05, 0) is 47.9 Å². The molecule has 0 bridgehead atoms. The highest BCUT2D eigenvalue weighted by molar-refractivity contribution is 7.47. The molecule has 0 radical (unpaired) electrons. The van der Waals surface area contributed by atoms with E-state index in [4.69, 9.17) is 33.7 Å². The third-order valence-electron chi connectivity index (χ3n) is 7.92. The Kier molecular flexibility index (Phi) is 10.8. The molecule has 1 aliphatic rings. The lowest BCUT2D eigenvalue weighted by Gasteiger charge is -2.37. The fourth-order valence-electron chi connectivity index (χ4n) is 5.58. The van der Waals surface area contributed by atoms with Crippen molar-refractivity contribution in [2.24, 2.45) is 5.73 Å². The lowest BCUT2D eigenvalue weighted by atomic mass is 9.80. The number of nitrogens with two attached hydrogens (primary N) is 1. The van der Waals surface area contributed by atoms with Crippen molar-refractivity contribution in [1.29, 1.82) is 0 Å². The van der Waals surface area contributed by atoms with Crippen LogP contribution in [0.25, 0.3) is 0 Å². The number of hydrogen-bond acceptors (Lipinski definition) is 10. The van der Waals surface area contributed by atoms with Crippen molar-refractivity contribution in [3.63, 3.8) is 0 Å². The second-order valence-electron chi connectivity index (χ2n) is 10.9. The maximum Gasteiger partial charge on any atom is 0.472 e. The average molecular weight is 668 g/mol. The van der Waals surface area contributed by atoms with Gasteiger partial charge in [0.05, 0.1) is 27.4 Å². The number of rotatable bonds is 14. The Bertz CT molecular complexity index is 1750. The van der Waals surface area contributed by atoms with Gasteiger partial charge in [0.25, 0.3) is 5.56 Å². The Morgan fingerprint density at radius 3 is 2.09 bits per heavy atom. The van der Waals surface area contributed by atoms with Crippen LogP contribution in [0.3, 0.4) is 0 Å². The molecule has 2 heterocycles. The summed E-state index contributed by atoms with van der Waals surface area (Å²) in [7, 11) is -1.42. The maximum atomic E-state index is 12.9. The lowest BCUT2D eigenvalue weighted by Crippen LogP contribution is -2.38. The standard InChI is InChI=1S/C33H38N3O10P/c1-22-20-36(32(38)35-31(22)37)30-19-28(46-47(39,40)44-18-17-34)29(45-30)21-43-33(23-7-5-4-6-8-23,24-9-13-26(41-2)14-10-24)25-11-15-27(42-3)16-12-25/h4-16,20,28-30H,17-19,21,34H2,1-3H3,(H,39,40)(H,35,37,38)/t28-,29+,30+/m0/s1. The fourth-order valence-corrected chi connectivity index (χ4v) is 6.54. The summed E-state index contributed by atoms with van der Waals surface area (Å²) in [6.45, 7) is 1.18. The van der Waals surface area contributed by atoms with E-state index in [1.165, 1.54) is 10.8 Å². The molecule has 1 aromatic heterocycles. The van der Waals surface area contributed by atoms with Crippen LogP contribution >= 0.6 is 7.82 Å². The smallest absolute Gasteiger partial charge is 0.472 e. The monoisotopic (exact) mass is 667 g/mol. The molecule has 1 unspecified atom stereocenters. The number of aryl methyl sites for hydroxylation is 1. The van der Waals surface area contributed by atoms with E-state index in [0.29, 0.717) is 11.5 Å². The molecule has 47 heavy (non-hydrogen) atoms. The van der Waals surface area contributed by atoms with Crippen molar-refractivity contribution in [1.82, 2.24) is 9.55 Å². The van der Waals surface area contributed by atoms with Crippen LogP contribution in [0.5, 0.6) is 11.5 Å². The summed E-state index contributed by atoms with van der Waals surface area (Å²) in [6, 6.07) is 24.5. The summed E-state index contributed by atoms with van der Waals surface area (Å²) in [5.41, 5.74) is 5.60. The van der Waals surface area contributed by atoms with Crippen molar-refractivity contribution in [2.45, 2.75) is 37.4 Å². The first-order valence-electron chi connectivity index (χ1n) is 14.9. The molecule has 4 aromatic rings. The maximum absolute atomic E-state index is 12.9. The zero-order valence-electron chi connectivity index (χ0n) is 26.2. The van der Waals surface area contributed by atoms with Crippen LogP contribution < -0.4 is 26.5 Å². The first kappa shape index (κ1) is 34.3. The van der Waals surface area contributed by atoms with E-state index in [0.717, 1.165) is 16.7 Å². The number of nitrogens with zero attached hydrogens (tertiary/aromatic N) is 1. The minimum atomic E-state index is -4.59. The molecule has 4 atom stereocenters. The van der Waals surface area contributed by atoms with Crippen LogP contribution in [0, 0.1) is 6.92 Å². The molecule has 0 aliphatic carbocycles. The highest BCUT2D eigenvalue weighted by atomic mass is 31.2. The van der Waals surface area contributed by atoms with Crippen LogP contribution in [0.4, 0.5) is 0 Å². The van der Waals surface area contributed by atoms with Crippen molar-refractivity contribution >= 4 is 7.82 Å². The van der Waals surface area contributed by atoms with Gasteiger partial charge >= 0.3 is 13.5 Å². The van der Waals surface area contributed by atoms with E-state index in [1.54, 1.807) is 21.1 Å². The van der Waals surface area contributed by atoms with Crippen molar-refractivity contribution in [2.75, 3.05) is 34.0 Å². The Labute approximate surface area is 271 Å². The summed E-state index contributed by atoms with van der Waals surface area (Å²) < 4.78 is 48.8. The summed E-state index contributed by atoms with van der Waals surface area (Å²) in [6.07, 6.45) is -1.65. The fraction of sp³-hybridized carbons (Fsp3) is 0.333. The molecular weight excluding hydrogens is 629 g/mol. The summed E-state index contributed by atoms with van der Waals surface area (Å²) >= 11 is 0. The number of methoxy groups -OCH3 is 2. The van der Waals surface area contributed by atoms with Gasteiger partial charge in [0.15, 0.2) is 0 Å². The normalized spacial score (nSPS) is 19.3. The lowest BCUT2D eigenvalue weighted by molar-refractivity contribution is -0.0939. The molecule has 1 aliphatic heterocycles. The number of H-pyrrole nitrogens is 1. The van der Waals surface area contributed by atoms with Crippen molar-refractivity contribution in [3.8, 4) is 11.5 Å². The van der Waals surface area contributed by atoms with E-state index in [1.807, 2.05) is 78.9 Å². The largest absolute Gasteiger partial charge is 0.497 e. The van der Waals surface area contributed by atoms with Gasteiger partial charge in [-0.1, -0.05) is 54.6 Å². The molecule has 0 spiro atoms. The zero-order chi connectivity index (χ0) is 33.6. The van der Waals surface area contributed by atoms with Crippen LogP contribution in [0.1, 0.15) is 34.9 Å². The number of hydrogen-bond donors (Lipinski definition) is 3. The van der Waals surface area contributed by atoms with Gasteiger partial charge in [-0.15, -0.1) is 0 Å². The predicted octanol–water partition coefficient (Wildman–Crippen LogP) is 3.62. The van der Waals surface area contributed by atoms with Gasteiger partial charge in [-0.2, -0.15) is 0 Å². The van der Waals surface area contributed by atoms with Gasteiger partial charge < -0.3 is 29.6 Å². The minimum absolute atomic E-state index is 0.000388. The van der Waals surface area contributed by atoms with Crippen LogP contribution in [0.2, 0.25) is 0 Å². The van der Waals surface area contributed by atoms with E-state index in [9.17, 15) is 19.0 Å². The number of nitrogens with one attached hydrogen (secondary N) is 1. The summed E-state index contributed by atoms with van der Waals surface area (Å²) in [5.74, 6) is 1.30. The van der Waals surface area contributed by atoms with E-state index < -0.39 is 43.1 Å². The molecule has 3 aromatic carbocycles. The van der Waals surface area contributed by atoms with Crippen LogP contribution in [0.15, 0.2) is 94.6 Å². The number of ether oxygens (including phenoxy) is 4. The Hall–Kier alpha value is -4.07. The zero-order valence-corrected chi connectivity index (χ0v) is 27.1. The topological polar surface area (TPSA) is 174 Å². The molecule has 0 saturated carbocycles. The quantitative estimate of drug-likeness (QED) is 0.132. The molecule has 5 rings (SSSR count). The van der Waals surface area contributed by atoms with E-state index in [-0.39, 0.29) is 31.7 Å². The molecule has 0 amide bonds. The average Bonchev–Trinajstić information content (AvgIpc) is 3.47. The third-order valence-corrected chi connectivity index (χ3v) is 8.96. The van der Waals surface area contributed by atoms with Gasteiger partial charge in [0.1, 0.15) is 35.5 Å². The number of phosphoric acid groups is 1. The number of phosphoric ester groups is 1. The molecular formula is C33H38N3O10P.